The maximum atomic E-state index is 12.1. The molecule has 0 spiro atoms. The molecule has 2 aliphatic rings. The highest BCUT2D eigenvalue weighted by Crippen LogP contribution is 2.48. The third-order valence-electron chi connectivity index (χ3n) is 4.73. The molecule has 1 amide bonds. The van der Waals surface area contributed by atoms with E-state index in [4.69, 9.17) is 11.6 Å². The van der Waals surface area contributed by atoms with E-state index in [1.54, 1.807) is 0 Å². The van der Waals surface area contributed by atoms with Gasteiger partial charge in [0.15, 0.2) is 0 Å². The molecule has 0 aromatic carbocycles. The second kappa shape index (κ2) is 6.08. The molecule has 0 heterocycles. The van der Waals surface area contributed by atoms with Crippen molar-refractivity contribution in [2.45, 2.75) is 45.4 Å². The van der Waals surface area contributed by atoms with E-state index in [0.717, 1.165) is 31.7 Å². The molecular weight excluding hydrogens is 234 g/mol. The first-order chi connectivity index (χ1) is 8.24. The molecule has 98 valence electrons. The van der Waals surface area contributed by atoms with Crippen LogP contribution in [-0.4, -0.2) is 18.3 Å². The Morgan fingerprint density at radius 1 is 1.41 bits per heavy atom. The number of carbonyl (C=O) groups is 1. The summed E-state index contributed by atoms with van der Waals surface area (Å²) in [4.78, 5) is 12.1. The van der Waals surface area contributed by atoms with Crippen molar-refractivity contribution in [3.63, 3.8) is 0 Å². The largest absolute Gasteiger partial charge is 0.356 e. The number of nitrogens with one attached hydrogen (secondary N) is 1. The maximum absolute atomic E-state index is 12.1. The second-order valence-corrected chi connectivity index (χ2v) is 6.16. The van der Waals surface area contributed by atoms with E-state index in [1.807, 2.05) is 0 Å². The SMILES string of the molecule is CCC(CCCl)CNC(=O)C1CC2CCC1C2. The highest BCUT2D eigenvalue weighted by Gasteiger charge is 2.42. The van der Waals surface area contributed by atoms with E-state index in [0.29, 0.717) is 29.5 Å². The predicted octanol–water partition coefficient (Wildman–Crippen LogP) is 3.19. The minimum atomic E-state index is 0.310. The van der Waals surface area contributed by atoms with Crippen LogP contribution in [0.3, 0.4) is 0 Å². The fraction of sp³-hybridized carbons (Fsp3) is 0.929. The van der Waals surface area contributed by atoms with Crippen molar-refractivity contribution >= 4 is 17.5 Å². The monoisotopic (exact) mass is 257 g/mol. The van der Waals surface area contributed by atoms with Gasteiger partial charge in [-0.3, -0.25) is 4.79 Å². The Morgan fingerprint density at radius 3 is 2.76 bits per heavy atom. The van der Waals surface area contributed by atoms with Crippen LogP contribution in [0, 0.1) is 23.7 Å². The fourth-order valence-electron chi connectivity index (χ4n) is 3.55. The van der Waals surface area contributed by atoms with E-state index in [9.17, 15) is 4.79 Å². The van der Waals surface area contributed by atoms with Crippen LogP contribution in [-0.2, 0) is 4.79 Å². The Kier molecular flexibility index (Phi) is 4.72. The zero-order chi connectivity index (χ0) is 12.3. The van der Waals surface area contributed by atoms with Gasteiger partial charge >= 0.3 is 0 Å². The zero-order valence-electron chi connectivity index (χ0n) is 10.8. The maximum Gasteiger partial charge on any atom is 0.223 e. The van der Waals surface area contributed by atoms with E-state index in [2.05, 4.69) is 12.2 Å². The lowest BCUT2D eigenvalue weighted by Gasteiger charge is -2.22. The van der Waals surface area contributed by atoms with Crippen molar-refractivity contribution in [1.82, 2.24) is 5.32 Å². The van der Waals surface area contributed by atoms with Crippen LogP contribution in [0.2, 0.25) is 0 Å². The van der Waals surface area contributed by atoms with Gasteiger partial charge in [-0.1, -0.05) is 19.8 Å². The third kappa shape index (κ3) is 3.15. The molecule has 2 bridgehead atoms. The zero-order valence-corrected chi connectivity index (χ0v) is 11.5. The number of fused-ring (bicyclic) bond motifs is 2. The van der Waals surface area contributed by atoms with Gasteiger partial charge in [0.25, 0.3) is 0 Å². The first-order valence-corrected chi connectivity index (χ1v) is 7.61. The number of carbonyl (C=O) groups excluding carboxylic acids is 1. The second-order valence-electron chi connectivity index (χ2n) is 5.78. The van der Waals surface area contributed by atoms with E-state index in [-0.39, 0.29) is 0 Å². The molecule has 2 rings (SSSR count). The van der Waals surface area contributed by atoms with Gasteiger partial charge in [0.2, 0.25) is 5.91 Å². The van der Waals surface area contributed by atoms with Crippen LogP contribution in [0.5, 0.6) is 0 Å². The van der Waals surface area contributed by atoms with Crippen molar-refractivity contribution in [2.24, 2.45) is 23.7 Å². The summed E-state index contributed by atoms with van der Waals surface area (Å²) < 4.78 is 0. The summed E-state index contributed by atoms with van der Waals surface area (Å²) >= 11 is 5.76. The number of rotatable bonds is 6. The van der Waals surface area contributed by atoms with Crippen molar-refractivity contribution in [1.29, 1.82) is 0 Å². The predicted molar refractivity (Wildman–Crippen MR) is 71.1 cm³/mol. The Labute approximate surface area is 109 Å². The van der Waals surface area contributed by atoms with Crippen molar-refractivity contribution in [2.75, 3.05) is 12.4 Å². The van der Waals surface area contributed by atoms with Crippen LogP contribution in [0.15, 0.2) is 0 Å². The van der Waals surface area contributed by atoms with Crippen LogP contribution in [0.1, 0.15) is 45.4 Å². The summed E-state index contributed by atoms with van der Waals surface area (Å²) in [5.74, 6) is 3.42. The van der Waals surface area contributed by atoms with E-state index < -0.39 is 0 Å². The van der Waals surface area contributed by atoms with Gasteiger partial charge in [-0.2, -0.15) is 0 Å². The van der Waals surface area contributed by atoms with Gasteiger partial charge in [0.1, 0.15) is 0 Å². The lowest BCUT2D eigenvalue weighted by atomic mass is 9.88. The molecule has 17 heavy (non-hydrogen) atoms. The van der Waals surface area contributed by atoms with Gasteiger partial charge in [-0.25, -0.2) is 0 Å². The average molecular weight is 258 g/mol. The summed E-state index contributed by atoms with van der Waals surface area (Å²) in [6, 6.07) is 0. The topological polar surface area (TPSA) is 29.1 Å². The first kappa shape index (κ1) is 13.2. The van der Waals surface area contributed by atoms with E-state index in [1.165, 1.54) is 19.3 Å². The minimum Gasteiger partial charge on any atom is -0.356 e. The lowest BCUT2D eigenvalue weighted by molar-refractivity contribution is -0.126. The third-order valence-corrected chi connectivity index (χ3v) is 4.95. The Morgan fingerprint density at radius 2 is 2.24 bits per heavy atom. The summed E-state index contributed by atoms with van der Waals surface area (Å²) in [6.45, 7) is 2.98. The Hall–Kier alpha value is -0.240. The van der Waals surface area contributed by atoms with Crippen molar-refractivity contribution < 1.29 is 4.79 Å². The molecule has 0 saturated heterocycles. The average Bonchev–Trinajstić information content (AvgIpc) is 2.96. The van der Waals surface area contributed by atoms with Gasteiger partial charge in [-0.15, -0.1) is 11.6 Å². The van der Waals surface area contributed by atoms with Crippen molar-refractivity contribution in [3.8, 4) is 0 Å². The smallest absolute Gasteiger partial charge is 0.223 e. The molecule has 0 aromatic heterocycles. The molecule has 0 radical (unpaired) electrons. The molecule has 1 N–H and O–H groups in total. The highest BCUT2D eigenvalue weighted by atomic mass is 35.5. The first-order valence-electron chi connectivity index (χ1n) is 7.08. The molecule has 3 heteroatoms. The summed E-state index contributed by atoms with van der Waals surface area (Å²) in [6.07, 6.45) is 7.19. The van der Waals surface area contributed by atoms with Crippen molar-refractivity contribution in [3.05, 3.63) is 0 Å². The van der Waals surface area contributed by atoms with Crippen LogP contribution in [0.25, 0.3) is 0 Å². The Bertz CT molecular complexity index is 269. The summed E-state index contributed by atoms with van der Waals surface area (Å²) in [5.41, 5.74) is 0. The fourth-order valence-corrected chi connectivity index (χ4v) is 3.86. The standard InChI is InChI=1S/C14H24ClNO/c1-2-10(5-6-15)9-16-14(17)13-8-11-3-4-12(13)7-11/h10-13H,2-9H2,1H3,(H,16,17). The van der Waals surface area contributed by atoms with Gasteiger partial charge in [0, 0.05) is 18.3 Å². The lowest BCUT2D eigenvalue weighted by Crippen LogP contribution is -2.36. The number of hydrogen-bond acceptors (Lipinski definition) is 1. The number of amides is 1. The Balaban J connectivity index is 1.74. The summed E-state index contributed by atoms with van der Waals surface area (Å²) in [5, 5.41) is 3.15. The molecule has 2 fully saturated rings. The molecule has 0 aromatic rings. The highest BCUT2D eigenvalue weighted by molar-refractivity contribution is 6.17. The molecule has 0 aliphatic heterocycles. The molecular formula is C14H24ClNO. The quantitative estimate of drug-likeness (QED) is 0.728. The molecule has 4 atom stereocenters. The van der Waals surface area contributed by atoms with Crippen LogP contribution >= 0.6 is 11.6 Å². The van der Waals surface area contributed by atoms with Gasteiger partial charge in [-0.05, 0) is 43.4 Å². The number of hydrogen-bond donors (Lipinski definition) is 1. The number of halogens is 1. The van der Waals surface area contributed by atoms with Crippen LogP contribution < -0.4 is 5.32 Å². The normalized spacial score (nSPS) is 32.7. The molecule has 2 aliphatic carbocycles. The molecule has 4 unspecified atom stereocenters. The summed E-state index contributed by atoms with van der Waals surface area (Å²) in [7, 11) is 0. The van der Waals surface area contributed by atoms with Gasteiger partial charge < -0.3 is 5.32 Å². The number of alkyl halides is 1. The molecule has 2 nitrogen and oxygen atoms in total. The minimum absolute atomic E-state index is 0.310. The van der Waals surface area contributed by atoms with E-state index >= 15 is 0 Å². The van der Waals surface area contributed by atoms with Gasteiger partial charge in [0.05, 0.1) is 0 Å². The van der Waals surface area contributed by atoms with Crippen LogP contribution in [0.4, 0.5) is 0 Å². The molecule has 2 saturated carbocycles.